The van der Waals surface area contributed by atoms with Crippen LogP contribution >= 0.6 is 0 Å². The van der Waals surface area contributed by atoms with Gasteiger partial charge in [-0.15, -0.1) is 0 Å². The first-order valence-corrected chi connectivity index (χ1v) is 7.89. The first kappa shape index (κ1) is 17.0. The van der Waals surface area contributed by atoms with Gasteiger partial charge >= 0.3 is 0 Å². The quantitative estimate of drug-likeness (QED) is 0.602. The number of benzene rings is 2. The summed E-state index contributed by atoms with van der Waals surface area (Å²) in [5.41, 5.74) is 3.27. The molecule has 0 amide bonds. The van der Waals surface area contributed by atoms with Crippen LogP contribution in [0.2, 0.25) is 0 Å². The van der Waals surface area contributed by atoms with Gasteiger partial charge in [0.2, 0.25) is 0 Å². The predicted octanol–water partition coefficient (Wildman–Crippen LogP) is 6.06. The Morgan fingerprint density at radius 3 is 1.83 bits per heavy atom. The molecule has 0 saturated heterocycles. The van der Waals surface area contributed by atoms with Crippen molar-refractivity contribution in [2.45, 2.75) is 33.1 Å². The topological polar surface area (TPSA) is 0 Å². The zero-order chi connectivity index (χ0) is 16.7. The van der Waals surface area contributed by atoms with E-state index in [4.69, 9.17) is 0 Å². The smallest absolute Gasteiger partial charge is 0.161 e. The van der Waals surface area contributed by atoms with Crippen LogP contribution in [-0.2, 0) is 6.42 Å². The number of hydrogen-bond acceptors (Lipinski definition) is 0. The van der Waals surface area contributed by atoms with Crippen LogP contribution in [0.15, 0.2) is 54.4 Å². The summed E-state index contributed by atoms with van der Waals surface area (Å²) in [6.07, 6.45) is 2.25. The summed E-state index contributed by atoms with van der Waals surface area (Å²) >= 11 is 0. The van der Waals surface area contributed by atoms with Crippen LogP contribution in [0.3, 0.4) is 0 Å². The van der Waals surface area contributed by atoms with Crippen molar-refractivity contribution in [3.05, 3.63) is 76.6 Å². The molecular weight excluding hydrogens is 290 g/mol. The number of rotatable bonds is 4. The van der Waals surface area contributed by atoms with Crippen LogP contribution in [0.25, 0.3) is 5.83 Å². The molecule has 0 nitrogen and oxygen atoms in total. The minimum atomic E-state index is -0.793. The Labute approximate surface area is 136 Å². The Bertz CT molecular complexity index is 726. The fourth-order valence-electron chi connectivity index (χ4n) is 2.20. The first-order valence-electron chi connectivity index (χ1n) is 7.89. The van der Waals surface area contributed by atoms with E-state index in [1.54, 1.807) is 31.2 Å². The fraction of sp³-hybridized carbons (Fsp3) is 0.238. The molecule has 0 aromatic heterocycles. The summed E-state index contributed by atoms with van der Waals surface area (Å²) in [5, 5.41) is 0. The van der Waals surface area contributed by atoms with Gasteiger partial charge in [-0.1, -0.05) is 56.4 Å². The zero-order valence-electron chi connectivity index (χ0n) is 13.5. The summed E-state index contributed by atoms with van der Waals surface area (Å²) in [7, 11) is 0. The molecule has 0 spiro atoms. The average Bonchev–Trinajstić information content (AvgIpc) is 2.60. The maximum Gasteiger partial charge on any atom is 0.161 e. The molecule has 23 heavy (non-hydrogen) atoms. The van der Waals surface area contributed by atoms with E-state index in [2.05, 4.69) is 30.9 Å². The third-order valence-electron chi connectivity index (χ3n) is 3.53. The van der Waals surface area contributed by atoms with Crippen molar-refractivity contribution in [1.82, 2.24) is 0 Å². The third kappa shape index (κ3) is 4.79. The van der Waals surface area contributed by atoms with E-state index in [1.165, 1.54) is 5.56 Å². The molecule has 0 atom stereocenters. The molecule has 0 N–H and O–H groups in total. The van der Waals surface area contributed by atoms with Crippen LogP contribution in [0.4, 0.5) is 8.78 Å². The number of hydrogen-bond donors (Lipinski definition) is 0. The van der Waals surface area contributed by atoms with Gasteiger partial charge in [0, 0.05) is 16.7 Å². The number of aryl methyl sites for hydroxylation is 1. The van der Waals surface area contributed by atoms with E-state index in [0.717, 1.165) is 24.0 Å². The van der Waals surface area contributed by atoms with Gasteiger partial charge in [0.15, 0.2) is 5.83 Å². The van der Waals surface area contributed by atoms with Crippen molar-refractivity contribution in [2.24, 2.45) is 0 Å². The van der Waals surface area contributed by atoms with Gasteiger partial charge in [0.25, 0.3) is 0 Å². The maximum absolute atomic E-state index is 13.7. The van der Waals surface area contributed by atoms with Gasteiger partial charge in [-0.3, -0.25) is 0 Å². The number of halogens is 2. The second-order valence-corrected chi connectivity index (χ2v) is 5.35. The van der Waals surface area contributed by atoms with Gasteiger partial charge < -0.3 is 0 Å². The van der Waals surface area contributed by atoms with Crippen molar-refractivity contribution in [3.63, 3.8) is 0 Å². The molecule has 0 fully saturated rings. The summed E-state index contributed by atoms with van der Waals surface area (Å²) in [6, 6.07) is 14.7. The Balaban J connectivity index is 2.13. The molecular formula is C21H20F2. The molecule has 0 unspecified atom stereocenters. The SMILES string of the molecule is CCCc1ccc(C#Cc2ccc(/C(F)=C(\F)CC)cc2)cc1. The Kier molecular flexibility index (Phi) is 6.11. The van der Waals surface area contributed by atoms with E-state index in [1.807, 2.05) is 12.1 Å². The van der Waals surface area contributed by atoms with Crippen LogP contribution in [0, 0.1) is 11.8 Å². The lowest BCUT2D eigenvalue weighted by Crippen LogP contribution is -1.84. The van der Waals surface area contributed by atoms with Gasteiger partial charge in [0.05, 0.1) is 0 Å². The zero-order valence-corrected chi connectivity index (χ0v) is 13.5. The van der Waals surface area contributed by atoms with E-state index in [9.17, 15) is 8.78 Å². The molecule has 0 aliphatic heterocycles. The van der Waals surface area contributed by atoms with Gasteiger partial charge in [0.1, 0.15) is 5.83 Å². The Morgan fingerprint density at radius 2 is 1.35 bits per heavy atom. The van der Waals surface area contributed by atoms with E-state index in [0.29, 0.717) is 0 Å². The van der Waals surface area contributed by atoms with E-state index >= 15 is 0 Å². The molecule has 0 saturated carbocycles. The average molecular weight is 310 g/mol. The molecule has 2 aromatic carbocycles. The lowest BCUT2D eigenvalue weighted by atomic mass is 10.1. The molecule has 0 aliphatic rings. The highest BCUT2D eigenvalue weighted by Gasteiger charge is 2.06. The molecule has 0 bridgehead atoms. The van der Waals surface area contributed by atoms with Crippen molar-refractivity contribution in [1.29, 1.82) is 0 Å². The van der Waals surface area contributed by atoms with Crippen molar-refractivity contribution in [2.75, 3.05) is 0 Å². The molecule has 2 heteroatoms. The molecule has 118 valence electrons. The van der Waals surface area contributed by atoms with Crippen molar-refractivity contribution < 1.29 is 8.78 Å². The minimum absolute atomic E-state index is 0.0570. The van der Waals surface area contributed by atoms with Gasteiger partial charge in [-0.25, -0.2) is 8.78 Å². The van der Waals surface area contributed by atoms with E-state index < -0.39 is 11.7 Å². The highest BCUT2D eigenvalue weighted by Crippen LogP contribution is 2.23. The molecule has 0 aliphatic carbocycles. The molecule has 2 aromatic rings. The molecule has 2 rings (SSSR count). The normalized spacial score (nSPS) is 11.5. The largest absolute Gasteiger partial charge is 0.209 e. The lowest BCUT2D eigenvalue weighted by Gasteiger charge is -2.00. The van der Waals surface area contributed by atoms with Crippen LogP contribution in [0.5, 0.6) is 0 Å². The standard InChI is InChI=1S/C21H20F2/c1-3-5-16-6-8-17(9-7-16)10-11-18-12-14-19(15-13-18)21(23)20(22)4-2/h6-9,12-15H,3-5H2,1-2H3/b21-20+. The molecule has 0 radical (unpaired) electrons. The van der Waals surface area contributed by atoms with Crippen LogP contribution < -0.4 is 0 Å². The summed E-state index contributed by atoms with van der Waals surface area (Å²) in [4.78, 5) is 0. The van der Waals surface area contributed by atoms with Gasteiger partial charge in [-0.2, -0.15) is 0 Å². The van der Waals surface area contributed by atoms with Crippen molar-refractivity contribution >= 4 is 5.83 Å². The maximum atomic E-state index is 13.7. The monoisotopic (exact) mass is 310 g/mol. The second kappa shape index (κ2) is 8.29. The summed E-state index contributed by atoms with van der Waals surface area (Å²) in [6.45, 7) is 3.74. The van der Waals surface area contributed by atoms with Crippen LogP contribution in [-0.4, -0.2) is 0 Å². The fourth-order valence-corrected chi connectivity index (χ4v) is 2.20. The summed E-state index contributed by atoms with van der Waals surface area (Å²) < 4.78 is 26.9. The van der Waals surface area contributed by atoms with Gasteiger partial charge in [-0.05, 0) is 42.7 Å². The summed E-state index contributed by atoms with van der Waals surface area (Å²) in [5.74, 6) is 4.60. The minimum Gasteiger partial charge on any atom is -0.209 e. The number of allylic oxidation sites excluding steroid dienone is 1. The van der Waals surface area contributed by atoms with Crippen molar-refractivity contribution in [3.8, 4) is 11.8 Å². The highest BCUT2D eigenvalue weighted by atomic mass is 19.2. The Morgan fingerprint density at radius 1 is 0.826 bits per heavy atom. The lowest BCUT2D eigenvalue weighted by molar-refractivity contribution is 0.576. The predicted molar refractivity (Wildman–Crippen MR) is 92.3 cm³/mol. The van der Waals surface area contributed by atoms with Crippen LogP contribution in [0.1, 0.15) is 48.9 Å². The van der Waals surface area contributed by atoms with E-state index in [-0.39, 0.29) is 12.0 Å². The Hall–Kier alpha value is -2.40. The highest BCUT2D eigenvalue weighted by molar-refractivity contribution is 5.61. The third-order valence-corrected chi connectivity index (χ3v) is 3.53. The molecule has 0 heterocycles. The first-order chi connectivity index (χ1) is 11.1. The second-order valence-electron chi connectivity index (χ2n) is 5.35.